The van der Waals surface area contributed by atoms with Crippen molar-refractivity contribution in [2.75, 3.05) is 40.1 Å². The van der Waals surface area contributed by atoms with Crippen molar-refractivity contribution >= 4 is 17.8 Å². The van der Waals surface area contributed by atoms with E-state index >= 15 is 0 Å². The number of halogens is 1. The van der Waals surface area contributed by atoms with E-state index in [1.54, 1.807) is 13.1 Å². The topological polar surface area (TPSA) is 83.8 Å². The molecule has 2 N–H and O–H groups in total. The van der Waals surface area contributed by atoms with E-state index in [4.69, 9.17) is 9.73 Å². The first-order valence-electron chi connectivity index (χ1n) is 11.6. The van der Waals surface area contributed by atoms with Gasteiger partial charge in [0.15, 0.2) is 11.6 Å². The summed E-state index contributed by atoms with van der Waals surface area (Å²) in [6.45, 7) is 3.88. The van der Waals surface area contributed by atoms with Gasteiger partial charge in [-0.05, 0) is 56.6 Å². The largest absolute Gasteiger partial charge is 0.494 e. The molecule has 9 heteroatoms. The molecule has 0 saturated heterocycles. The van der Waals surface area contributed by atoms with E-state index in [9.17, 15) is 9.18 Å². The van der Waals surface area contributed by atoms with Crippen LogP contribution < -0.4 is 15.4 Å². The number of aromatic nitrogens is 2. The number of hydrogen-bond donors (Lipinski definition) is 2. The van der Waals surface area contributed by atoms with Gasteiger partial charge in [-0.15, -0.1) is 0 Å². The summed E-state index contributed by atoms with van der Waals surface area (Å²) in [6, 6.07) is 3.01. The minimum absolute atomic E-state index is 0.0733. The van der Waals surface area contributed by atoms with Gasteiger partial charge in [0.25, 0.3) is 5.91 Å². The number of dihydropyridines is 1. The van der Waals surface area contributed by atoms with E-state index in [0.29, 0.717) is 24.0 Å². The van der Waals surface area contributed by atoms with Crippen molar-refractivity contribution < 1.29 is 13.9 Å². The number of hydrogen-bond acceptors (Lipinski definition) is 6. The van der Waals surface area contributed by atoms with Crippen LogP contribution in [0.2, 0.25) is 0 Å². The smallest absolute Gasteiger partial charge is 0.251 e. The van der Waals surface area contributed by atoms with Crippen LogP contribution >= 0.6 is 0 Å². The number of nitrogens with zero attached hydrogens (tertiary/aromatic N) is 4. The SMILES string of the molecule is CCC1C=C(CCc2cc(C(=O)NC)cc(OC)c2F)C=NC1Nc1cnn(CCN(C)C)c1. The molecule has 34 heavy (non-hydrogen) atoms. The fourth-order valence-corrected chi connectivity index (χ4v) is 3.90. The molecule has 8 nitrogen and oxygen atoms in total. The lowest BCUT2D eigenvalue weighted by Crippen LogP contribution is -2.28. The average molecular weight is 471 g/mol. The third-order valence-corrected chi connectivity index (χ3v) is 5.94. The van der Waals surface area contributed by atoms with Crippen LogP contribution in [0.4, 0.5) is 10.1 Å². The number of carbonyl (C=O) groups excluding carboxylic acids is 1. The molecule has 184 valence electrons. The molecule has 2 unspecified atom stereocenters. The van der Waals surface area contributed by atoms with Crippen LogP contribution in [0.15, 0.2) is 41.2 Å². The summed E-state index contributed by atoms with van der Waals surface area (Å²) in [4.78, 5) is 18.9. The van der Waals surface area contributed by atoms with Crippen LogP contribution in [-0.4, -0.2) is 67.8 Å². The Hall–Kier alpha value is -3.20. The van der Waals surface area contributed by atoms with E-state index in [1.807, 2.05) is 37.4 Å². The number of allylic oxidation sites excluding steroid dienone is 1. The van der Waals surface area contributed by atoms with Crippen LogP contribution in [-0.2, 0) is 13.0 Å². The number of amides is 1. The number of benzene rings is 1. The molecular formula is C25H35FN6O2. The normalized spacial score (nSPS) is 17.6. The zero-order valence-corrected chi connectivity index (χ0v) is 20.6. The van der Waals surface area contributed by atoms with Crippen molar-refractivity contribution in [2.24, 2.45) is 10.9 Å². The maximum Gasteiger partial charge on any atom is 0.251 e. The van der Waals surface area contributed by atoms with Crippen molar-refractivity contribution in [1.82, 2.24) is 20.0 Å². The maximum atomic E-state index is 14.8. The van der Waals surface area contributed by atoms with Crippen molar-refractivity contribution in [2.45, 2.75) is 38.9 Å². The maximum absolute atomic E-state index is 14.8. The zero-order valence-electron chi connectivity index (χ0n) is 20.6. The van der Waals surface area contributed by atoms with Gasteiger partial charge in [0.1, 0.15) is 6.17 Å². The lowest BCUT2D eigenvalue weighted by atomic mass is 9.93. The second-order valence-corrected chi connectivity index (χ2v) is 8.71. The number of methoxy groups -OCH3 is 1. The van der Waals surface area contributed by atoms with Gasteiger partial charge in [0.2, 0.25) is 0 Å². The van der Waals surface area contributed by atoms with Gasteiger partial charge in [-0.25, -0.2) is 4.39 Å². The monoisotopic (exact) mass is 470 g/mol. The molecule has 1 aromatic heterocycles. The van der Waals surface area contributed by atoms with Crippen LogP contribution in [0.3, 0.4) is 0 Å². The number of likely N-dealkylation sites (N-methyl/N-ethyl adjacent to an activating group) is 1. The molecule has 0 aliphatic carbocycles. The van der Waals surface area contributed by atoms with Crippen LogP contribution in [0, 0.1) is 11.7 Å². The number of aryl methyl sites for hydroxylation is 1. The van der Waals surface area contributed by atoms with Gasteiger partial charge in [-0.2, -0.15) is 5.10 Å². The van der Waals surface area contributed by atoms with Crippen LogP contribution in [0.5, 0.6) is 5.75 Å². The molecule has 0 bridgehead atoms. The van der Waals surface area contributed by atoms with E-state index in [1.165, 1.54) is 13.2 Å². The number of aliphatic imine (C=N–C) groups is 1. The van der Waals surface area contributed by atoms with Crippen molar-refractivity contribution in [3.8, 4) is 5.75 Å². The Kier molecular flexibility index (Phi) is 8.81. The number of anilines is 1. The summed E-state index contributed by atoms with van der Waals surface area (Å²) >= 11 is 0. The van der Waals surface area contributed by atoms with Gasteiger partial charge in [-0.3, -0.25) is 14.5 Å². The predicted molar refractivity (Wildman–Crippen MR) is 133 cm³/mol. The van der Waals surface area contributed by atoms with Gasteiger partial charge < -0.3 is 20.3 Å². The third kappa shape index (κ3) is 6.44. The lowest BCUT2D eigenvalue weighted by molar-refractivity contribution is 0.0962. The highest BCUT2D eigenvalue weighted by Crippen LogP contribution is 2.27. The van der Waals surface area contributed by atoms with Crippen molar-refractivity contribution in [3.63, 3.8) is 0 Å². The fraction of sp³-hybridized carbons (Fsp3) is 0.480. The van der Waals surface area contributed by atoms with Gasteiger partial charge in [0.05, 0.1) is 25.5 Å². The highest BCUT2D eigenvalue weighted by atomic mass is 19.1. The first-order valence-corrected chi connectivity index (χ1v) is 11.6. The molecule has 2 atom stereocenters. The summed E-state index contributed by atoms with van der Waals surface area (Å²) in [6.07, 6.45) is 9.80. The number of nitrogens with one attached hydrogen (secondary N) is 2. The highest BCUT2D eigenvalue weighted by Gasteiger charge is 2.22. The molecule has 1 aromatic carbocycles. The minimum atomic E-state index is -0.429. The zero-order chi connectivity index (χ0) is 24.7. The molecule has 0 saturated carbocycles. The first kappa shape index (κ1) is 25.4. The molecular weight excluding hydrogens is 435 g/mol. The number of carbonyl (C=O) groups is 1. The molecule has 2 heterocycles. The number of rotatable bonds is 11. The summed E-state index contributed by atoms with van der Waals surface area (Å²) in [5.74, 6) is -0.421. The van der Waals surface area contributed by atoms with Crippen LogP contribution in [0.1, 0.15) is 35.7 Å². The molecule has 0 fully saturated rings. The quantitative estimate of drug-likeness (QED) is 0.526. The standard InChI is InChI=1S/C25H35FN6O2/c1-6-18-11-17(7-8-19-12-20(25(33)27-2)13-22(34-5)23(19)26)14-28-24(18)30-21-15-29-32(16-21)10-9-31(3)4/h11-16,18,24,30H,6-10H2,1-5H3,(H,27,33). The molecule has 1 aliphatic heterocycles. The molecule has 0 spiro atoms. The Morgan fingerprint density at radius 1 is 1.29 bits per heavy atom. The molecule has 1 aliphatic rings. The highest BCUT2D eigenvalue weighted by molar-refractivity contribution is 5.94. The average Bonchev–Trinajstić information content (AvgIpc) is 3.29. The van der Waals surface area contributed by atoms with E-state index < -0.39 is 5.82 Å². The summed E-state index contributed by atoms with van der Waals surface area (Å²) in [5, 5.41) is 10.5. The third-order valence-electron chi connectivity index (χ3n) is 5.94. The van der Waals surface area contributed by atoms with E-state index in [2.05, 4.69) is 33.6 Å². The second kappa shape index (κ2) is 11.8. The predicted octanol–water partition coefficient (Wildman–Crippen LogP) is 3.36. The number of ether oxygens (including phenoxy) is 1. The molecule has 3 rings (SSSR count). The molecule has 0 radical (unpaired) electrons. The Morgan fingerprint density at radius 2 is 2.09 bits per heavy atom. The molecule has 2 aromatic rings. The van der Waals surface area contributed by atoms with Crippen LogP contribution in [0.25, 0.3) is 0 Å². The lowest BCUT2D eigenvalue weighted by Gasteiger charge is -2.26. The first-order chi connectivity index (χ1) is 16.3. The van der Waals surface area contributed by atoms with Gasteiger partial charge in [-0.1, -0.05) is 13.0 Å². The second-order valence-electron chi connectivity index (χ2n) is 8.71. The summed E-state index contributed by atoms with van der Waals surface area (Å²) in [5.41, 5.74) is 2.82. The summed E-state index contributed by atoms with van der Waals surface area (Å²) < 4.78 is 21.8. The van der Waals surface area contributed by atoms with E-state index in [0.717, 1.165) is 30.8 Å². The summed E-state index contributed by atoms with van der Waals surface area (Å²) in [7, 11) is 7.03. The fourth-order valence-electron chi connectivity index (χ4n) is 3.90. The molecule has 1 amide bonds. The Morgan fingerprint density at radius 3 is 2.76 bits per heavy atom. The Balaban J connectivity index is 1.65. The van der Waals surface area contributed by atoms with Crippen molar-refractivity contribution in [1.29, 1.82) is 0 Å². The Bertz CT molecular complexity index is 1050. The van der Waals surface area contributed by atoms with E-state index in [-0.39, 0.29) is 23.7 Å². The van der Waals surface area contributed by atoms with Gasteiger partial charge in [0, 0.05) is 37.5 Å². The Labute approximate surface area is 200 Å². The van der Waals surface area contributed by atoms with Crippen molar-refractivity contribution in [3.05, 3.63) is 53.1 Å². The van der Waals surface area contributed by atoms with Gasteiger partial charge >= 0.3 is 0 Å². The minimum Gasteiger partial charge on any atom is -0.494 e.